The molecule has 4 aromatic rings. The highest BCUT2D eigenvalue weighted by atomic mass is 79.9. The zero-order chi connectivity index (χ0) is 24.8. The van der Waals surface area contributed by atoms with Gasteiger partial charge in [0.05, 0.1) is 10.0 Å². The van der Waals surface area contributed by atoms with Crippen LogP contribution in [0.4, 0.5) is 0 Å². The molecule has 4 rings (SSSR count). The number of phenols is 4. The standard InChI is InChI=1S/C13H10Br2O2.C13H10Cl2O2/c14-10-1-3-12(16)8(6-10)5-9-7-11(15)2-4-13(9)17;14-10-6-8(1-3-12(10)16)5-9-2-4-13(17)11(15)7-9/h2*1-4,6-7,16-17H,5H2. The molecule has 0 aliphatic rings. The molecular formula is C26H20Br2Cl2O4. The third-order valence-corrected chi connectivity index (χ3v) is 6.49. The van der Waals surface area contributed by atoms with Crippen LogP contribution in [0.3, 0.4) is 0 Å². The quantitative estimate of drug-likeness (QED) is 0.184. The Hall–Kier alpha value is -2.38. The van der Waals surface area contributed by atoms with Gasteiger partial charge in [0.25, 0.3) is 0 Å². The molecule has 4 N–H and O–H groups in total. The SMILES string of the molecule is Oc1ccc(Br)cc1Cc1cc(Br)ccc1O.Oc1ccc(Cc2ccc(O)c(Cl)c2)cc1Cl. The van der Waals surface area contributed by atoms with Crippen molar-refractivity contribution >= 4 is 55.1 Å². The lowest BCUT2D eigenvalue weighted by Gasteiger charge is -2.08. The maximum atomic E-state index is 9.74. The first kappa shape index (κ1) is 26.2. The first-order chi connectivity index (χ1) is 16.1. The number of aromatic hydroxyl groups is 4. The summed E-state index contributed by atoms with van der Waals surface area (Å²) in [5.74, 6) is 0.596. The van der Waals surface area contributed by atoms with Crippen molar-refractivity contribution in [1.82, 2.24) is 0 Å². The molecule has 0 heterocycles. The summed E-state index contributed by atoms with van der Waals surface area (Å²) in [5.41, 5.74) is 3.48. The van der Waals surface area contributed by atoms with Crippen LogP contribution in [0.25, 0.3) is 0 Å². The van der Waals surface area contributed by atoms with Gasteiger partial charge in [0.15, 0.2) is 0 Å². The maximum Gasteiger partial charge on any atom is 0.134 e. The van der Waals surface area contributed by atoms with Crippen LogP contribution in [0.2, 0.25) is 10.0 Å². The largest absolute Gasteiger partial charge is 0.508 e. The van der Waals surface area contributed by atoms with E-state index >= 15 is 0 Å². The summed E-state index contributed by atoms with van der Waals surface area (Å²) in [4.78, 5) is 0. The van der Waals surface area contributed by atoms with Crippen molar-refractivity contribution in [1.29, 1.82) is 0 Å². The molecule has 34 heavy (non-hydrogen) atoms. The second-order valence-electron chi connectivity index (χ2n) is 7.47. The highest BCUT2D eigenvalue weighted by Gasteiger charge is 2.08. The molecule has 0 saturated carbocycles. The number of hydrogen-bond acceptors (Lipinski definition) is 4. The molecule has 0 aliphatic carbocycles. The lowest BCUT2D eigenvalue weighted by atomic mass is 10.0. The Labute approximate surface area is 224 Å². The van der Waals surface area contributed by atoms with Crippen LogP contribution in [0, 0.1) is 0 Å². The van der Waals surface area contributed by atoms with Crippen molar-refractivity contribution in [3.63, 3.8) is 0 Å². The fourth-order valence-electron chi connectivity index (χ4n) is 3.15. The topological polar surface area (TPSA) is 80.9 Å². The lowest BCUT2D eigenvalue weighted by molar-refractivity contribution is 0.462. The average molecular weight is 627 g/mol. The van der Waals surface area contributed by atoms with Crippen LogP contribution in [-0.2, 0) is 12.8 Å². The van der Waals surface area contributed by atoms with Gasteiger partial charge in [0.1, 0.15) is 23.0 Å². The molecule has 0 fully saturated rings. The monoisotopic (exact) mass is 624 g/mol. The van der Waals surface area contributed by atoms with E-state index in [9.17, 15) is 20.4 Å². The number of benzene rings is 4. The van der Waals surface area contributed by atoms with Gasteiger partial charge in [-0.1, -0.05) is 67.2 Å². The molecular weight excluding hydrogens is 607 g/mol. The van der Waals surface area contributed by atoms with E-state index < -0.39 is 0 Å². The van der Waals surface area contributed by atoms with Gasteiger partial charge < -0.3 is 20.4 Å². The zero-order valence-electron chi connectivity index (χ0n) is 17.6. The van der Waals surface area contributed by atoms with Gasteiger partial charge >= 0.3 is 0 Å². The minimum Gasteiger partial charge on any atom is -0.508 e. The van der Waals surface area contributed by atoms with Gasteiger partial charge in [-0.05, 0) is 89.3 Å². The number of hydrogen-bond donors (Lipinski definition) is 4. The fraction of sp³-hybridized carbons (Fsp3) is 0.0769. The van der Waals surface area contributed by atoms with Crippen molar-refractivity contribution < 1.29 is 20.4 Å². The minimum absolute atomic E-state index is 0.0687. The third kappa shape index (κ3) is 7.31. The van der Waals surface area contributed by atoms with Crippen LogP contribution in [0.5, 0.6) is 23.0 Å². The van der Waals surface area contributed by atoms with E-state index in [2.05, 4.69) is 31.9 Å². The zero-order valence-corrected chi connectivity index (χ0v) is 22.3. The normalized spacial score (nSPS) is 10.5. The van der Waals surface area contributed by atoms with Crippen LogP contribution >= 0.6 is 55.1 Å². The number of rotatable bonds is 4. The molecule has 8 heteroatoms. The molecule has 0 atom stereocenters. The van der Waals surface area contributed by atoms with Crippen molar-refractivity contribution in [2.45, 2.75) is 12.8 Å². The molecule has 0 unspecified atom stereocenters. The average Bonchev–Trinajstić information content (AvgIpc) is 2.79. The summed E-state index contributed by atoms with van der Waals surface area (Å²) in [7, 11) is 0. The van der Waals surface area contributed by atoms with E-state index in [1.807, 2.05) is 12.1 Å². The van der Waals surface area contributed by atoms with Crippen LogP contribution in [0.15, 0.2) is 81.7 Å². The molecule has 4 aromatic carbocycles. The molecule has 0 radical (unpaired) electrons. The van der Waals surface area contributed by atoms with Crippen molar-refractivity contribution in [2.24, 2.45) is 0 Å². The molecule has 0 spiro atoms. The van der Waals surface area contributed by atoms with Crippen LogP contribution in [-0.4, -0.2) is 20.4 Å². The molecule has 0 aromatic heterocycles. The highest BCUT2D eigenvalue weighted by molar-refractivity contribution is 9.10. The van der Waals surface area contributed by atoms with E-state index in [-0.39, 0.29) is 23.0 Å². The molecule has 0 amide bonds. The number of halogens is 4. The Bertz CT molecular complexity index is 1210. The van der Waals surface area contributed by atoms with Crippen molar-refractivity contribution in [3.05, 3.63) is 114 Å². The summed E-state index contributed by atoms with van der Waals surface area (Å²) < 4.78 is 1.81. The van der Waals surface area contributed by atoms with Gasteiger partial charge in [0, 0.05) is 15.4 Å². The summed E-state index contributed by atoms with van der Waals surface area (Å²) in [6.45, 7) is 0. The minimum atomic E-state index is 0.0687. The fourth-order valence-corrected chi connectivity index (χ4v) is 4.38. The second-order valence-corrected chi connectivity index (χ2v) is 10.1. The van der Waals surface area contributed by atoms with Gasteiger partial charge in [-0.3, -0.25) is 0 Å². The Balaban J connectivity index is 0.000000191. The Kier molecular flexibility index (Phi) is 9.14. The van der Waals surface area contributed by atoms with E-state index in [4.69, 9.17) is 23.2 Å². The molecule has 0 aliphatic heterocycles. The summed E-state index contributed by atoms with van der Waals surface area (Å²) >= 11 is 18.4. The van der Waals surface area contributed by atoms with Crippen molar-refractivity contribution in [2.75, 3.05) is 0 Å². The molecule has 0 bridgehead atoms. The van der Waals surface area contributed by atoms with E-state index in [1.165, 1.54) is 0 Å². The predicted molar refractivity (Wildman–Crippen MR) is 143 cm³/mol. The Morgan fingerprint density at radius 1 is 0.500 bits per heavy atom. The predicted octanol–water partition coefficient (Wildman–Crippen LogP) is 8.21. The van der Waals surface area contributed by atoms with Gasteiger partial charge in [-0.2, -0.15) is 0 Å². The van der Waals surface area contributed by atoms with Crippen molar-refractivity contribution in [3.8, 4) is 23.0 Å². The first-order valence-electron chi connectivity index (χ1n) is 10.0. The molecule has 4 nitrogen and oxygen atoms in total. The molecule has 176 valence electrons. The smallest absolute Gasteiger partial charge is 0.134 e. The van der Waals surface area contributed by atoms with Gasteiger partial charge in [-0.15, -0.1) is 0 Å². The second kappa shape index (κ2) is 11.8. The van der Waals surface area contributed by atoms with Crippen LogP contribution < -0.4 is 0 Å². The third-order valence-electron chi connectivity index (χ3n) is 4.90. The van der Waals surface area contributed by atoms with Gasteiger partial charge in [0.2, 0.25) is 0 Å². The van der Waals surface area contributed by atoms with Crippen LogP contribution in [0.1, 0.15) is 22.3 Å². The summed E-state index contributed by atoms with van der Waals surface area (Å²) in [6, 6.07) is 20.6. The van der Waals surface area contributed by atoms with E-state index in [1.54, 1.807) is 60.7 Å². The lowest BCUT2D eigenvalue weighted by Crippen LogP contribution is -1.90. The Morgan fingerprint density at radius 2 is 0.882 bits per heavy atom. The first-order valence-corrected chi connectivity index (χ1v) is 12.4. The van der Waals surface area contributed by atoms with Gasteiger partial charge in [-0.25, -0.2) is 0 Å². The van der Waals surface area contributed by atoms with E-state index in [0.29, 0.717) is 22.9 Å². The maximum absolute atomic E-state index is 9.74. The summed E-state index contributed by atoms with van der Waals surface area (Å²) in [6.07, 6.45) is 1.12. The number of phenolic OH excluding ortho intramolecular Hbond substituents is 4. The highest BCUT2D eigenvalue weighted by Crippen LogP contribution is 2.30. The summed E-state index contributed by atoms with van der Waals surface area (Å²) in [5, 5.41) is 38.7. The molecule has 0 saturated heterocycles. The van der Waals surface area contributed by atoms with E-state index in [0.717, 1.165) is 31.2 Å². The Morgan fingerprint density at radius 3 is 1.26 bits per heavy atom.